The van der Waals surface area contributed by atoms with Crippen molar-refractivity contribution >= 4 is 17.6 Å². The minimum Gasteiger partial charge on any atom is -0.448 e. The second-order valence-electron chi connectivity index (χ2n) is 6.22. The van der Waals surface area contributed by atoms with Crippen LogP contribution in [0.15, 0.2) is 29.3 Å². The molecule has 1 aliphatic carbocycles. The Morgan fingerprint density at radius 3 is 2.87 bits per heavy atom. The highest BCUT2D eigenvalue weighted by atomic mass is 16.5. The molecule has 1 aliphatic heterocycles. The van der Waals surface area contributed by atoms with Gasteiger partial charge in [-0.15, -0.1) is 0 Å². The lowest BCUT2D eigenvalue weighted by Gasteiger charge is -2.20. The molecule has 1 saturated carbocycles. The van der Waals surface area contributed by atoms with E-state index in [0.29, 0.717) is 12.3 Å². The van der Waals surface area contributed by atoms with Crippen LogP contribution in [-0.4, -0.2) is 18.2 Å². The molecule has 1 aromatic carbocycles. The molecule has 1 aromatic rings. The number of rotatable bonds is 4. The molecule has 1 heterocycles. The summed E-state index contributed by atoms with van der Waals surface area (Å²) in [5, 5.41) is 5.72. The SMILES string of the molecule is N/C(=N\C1Nc2ccccc2O1)NC(=O)CCC1CCCCC1. The first kappa shape index (κ1) is 15.6. The van der Waals surface area contributed by atoms with Crippen LogP contribution in [0.5, 0.6) is 5.75 Å². The molecule has 2 aliphatic rings. The van der Waals surface area contributed by atoms with E-state index in [4.69, 9.17) is 10.5 Å². The van der Waals surface area contributed by atoms with E-state index in [1.807, 2.05) is 24.3 Å². The fraction of sp³-hybridized carbons (Fsp3) is 0.529. The Morgan fingerprint density at radius 1 is 1.30 bits per heavy atom. The van der Waals surface area contributed by atoms with Crippen molar-refractivity contribution in [1.82, 2.24) is 5.32 Å². The Labute approximate surface area is 136 Å². The molecule has 0 bridgehead atoms. The van der Waals surface area contributed by atoms with Crippen LogP contribution >= 0.6 is 0 Å². The van der Waals surface area contributed by atoms with Gasteiger partial charge in [-0.3, -0.25) is 10.1 Å². The molecule has 23 heavy (non-hydrogen) atoms. The molecule has 6 nitrogen and oxygen atoms in total. The monoisotopic (exact) mass is 316 g/mol. The second-order valence-corrected chi connectivity index (χ2v) is 6.22. The topological polar surface area (TPSA) is 88.7 Å². The molecule has 1 fully saturated rings. The summed E-state index contributed by atoms with van der Waals surface area (Å²) in [5.41, 5.74) is 6.67. The minimum absolute atomic E-state index is 0.0765. The zero-order valence-electron chi connectivity index (χ0n) is 13.3. The van der Waals surface area contributed by atoms with Gasteiger partial charge in [-0.05, 0) is 24.5 Å². The van der Waals surface area contributed by atoms with Crippen LogP contribution in [0.1, 0.15) is 44.9 Å². The Morgan fingerprint density at radius 2 is 2.09 bits per heavy atom. The number of amides is 1. The van der Waals surface area contributed by atoms with Crippen molar-refractivity contribution in [3.8, 4) is 5.75 Å². The van der Waals surface area contributed by atoms with Gasteiger partial charge in [0.25, 0.3) is 6.35 Å². The van der Waals surface area contributed by atoms with E-state index < -0.39 is 6.35 Å². The summed E-state index contributed by atoms with van der Waals surface area (Å²) in [6.07, 6.45) is 7.25. The number of aliphatic imine (C=N–C) groups is 1. The molecule has 0 spiro atoms. The van der Waals surface area contributed by atoms with Crippen LogP contribution in [0.25, 0.3) is 0 Å². The highest BCUT2D eigenvalue weighted by Crippen LogP contribution is 2.31. The van der Waals surface area contributed by atoms with Gasteiger partial charge in [-0.1, -0.05) is 44.2 Å². The maximum atomic E-state index is 12.0. The molecule has 6 heteroatoms. The maximum Gasteiger partial charge on any atom is 0.271 e. The van der Waals surface area contributed by atoms with Gasteiger partial charge in [0.05, 0.1) is 5.69 Å². The van der Waals surface area contributed by atoms with Gasteiger partial charge in [0.1, 0.15) is 5.75 Å². The van der Waals surface area contributed by atoms with Crippen molar-refractivity contribution in [3.63, 3.8) is 0 Å². The lowest BCUT2D eigenvalue weighted by Crippen LogP contribution is -2.39. The first-order chi connectivity index (χ1) is 11.2. The summed E-state index contributed by atoms with van der Waals surface area (Å²) in [6, 6.07) is 7.57. The van der Waals surface area contributed by atoms with Gasteiger partial charge in [0, 0.05) is 6.42 Å². The molecule has 0 aromatic heterocycles. The molecule has 3 rings (SSSR count). The van der Waals surface area contributed by atoms with Gasteiger partial charge in [0.2, 0.25) is 5.91 Å². The minimum atomic E-state index is -0.592. The summed E-state index contributed by atoms with van der Waals surface area (Å²) in [7, 11) is 0. The number of carbonyl (C=O) groups excluding carboxylic acids is 1. The van der Waals surface area contributed by atoms with E-state index in [0.717, 1.165) is 17.9 Å². The van der Waals surface area contributed by atoms with Crippen molar-refractivity contribution in [3.05, 3.63) is 24.3 Å². The lowest BCUT2D eigenvalue weighted by molar-refractivity contribution is -0.120. The normalized spacial score (nSPS) is 21.2. The van der Waals surface area contributed by atoms with E-state index in [1.54, 1.807) is 0 Å². The zero-order valence-corrected chi connectivity index (χ0v) is 13.3. The van der Waals surface area contributed by atoms with E-state index in [2.05, 4.69) is 15.6 Å². The van der Waals surface area contributed by atoms with Crippen LogP contribution in [-0.2, 0) is 4.79 Å². The number of ether oxygens (including phenoxy) is 1. The molecule has 1 unspecified atom stereocenters. The van der Waals surface area contributed by atoms with Crippen LogP contribution in [0, 0.1) is 5.92 Å². The highest BCUT2D eigenvalue weighted by Gasteiger charge is 2.21. The van der Waals surface area contributed by atoms with Crippen LogP contribution < -0.4 is 21.1 Å². The summed E-state index contributed by atoms with van der Waals surface area (Å²) in [5.74, 6) is 1.43. The van der Waals surface area contributed by atoms with Crippen molar-refractivity contribution in [1.29, 1.82) is 0 Å². The third-order valence-electron chi connectivity index (χ3n) is 4.43. The Kier molecular flexibility index (Phi) is 5.00. The third kappa shape index (κ3) is 4.37. The Balaban J connectivity index is 1.43. The molecular weight excluding hydrogens is 292 g/mol. The van der Waals surface area contributed by atoms with E-state index in [-0.39, 0.29) is 11.9 Å². The number of carbonyl (C=O) groups is 1. The Bertz CT molecular complexity index is 557. The average Bonchev–Trinajstić information content (AvgIpc) is 2.96. The standard InChI is InChI=1S/C17H24N4O2/c18-16(20-15(22)11-10-12-6-2-1-3-7-12)21-17-19-13-8-4-5-9-14(13)23-17/h4-5,8-9,12,17,19H,1-3,6-7,10-11H2,(H3,18,20,21,22). The molecule has 1 atom stereocenters. The van der Waals surface area contributed by atoms with Gasteiger partial charge in [0.15, 0.2) is 5.96 Å². The van der Waals surface area contributed by atoms with Crippen LogP contribution in [0.3, 0.4) is 0 Å². The van der Waals surface area contributed by atoms with Crippen LogP contribution in [0.4, 0.5) is 5.69 Å². The fourth-order valence-electron chi connectivity index (χ4n) is 3.21. The number of benzene rings is 1. The fourth-order valence-corrected chi connectivity index (χ4v) is 3.21. The molecule has 1 amide bonds. The van der Waals surface area contributed by atoms with Gasteiger partial charge in [-0.25, -0.2) is 0 Å². The predicted octanol–water partition coefficient (Wildman–Crippen LogP) is 2.57. The first-order valence-electron chi connectivity index (χ1n) is 8.36. The number of hydrogen-bond donors (Lipinski definition) is 3. The van der Waals surface area contributed by atoms with E-state index in [9.17, 15) is 4.79 Å². The average molecular weight is 316 g/mol. The molecule has 0 radical (unpaired) electrons. The zero-order chi connectivity index (χ0) is 16.1. The molecule has 0 saturated heterocycles. The quantitative estimate of drug-likeness (QED) is 0.588. The van der Waals surface area contributed by atoms with Gasteiger partial charge >= 0.3 is 0 Å². The number of hydrogen-bond acceptors (Lipinski definition) is 4. The predicted molar refractivity (Wildman–Crippen MR) is 90.1 cm³/mol. The summed E-state index contributed by atoms with van der Waals surface area (Å²) >= 11 is 0. The largest absolute Gasteiger partial charge is 0.448 e. The van der Waals surface area contributed by atoms with Crippen molar-refractivity contribution < 1.29 is 9.53 Å². The van der Waals surface area contributed by atoms with Gasteiger partial charge in [-0.2, -0.15) is 4.99 Å². The summed E-state index contributed by atoms with van der Waals surface area (Å²) in [4.78, 5) is 16.1. The van der Waals surface area contributed by atoms with Crippen molar-refractivity contribution in [2.24, 2.45) is 16.6 Å². The van der Waals surface area contributed by atoms with E-state index >= 15 is 0 Å². The molecular formula is C17H24N4O2. The lowest BCUT2D eigenvalue weighted by atomic mass is 9.86. The number of nitrogens with one attached hydrogen (secondary N) is 2. The first-order valence-corrected chi connectivity index (χ1v) is 8.36. The molecule has 4 N–H and O–H groups in total. The van der Waals surface area contributed by atoms with Crippen LogP contribution in [0.2, 0.25) is 0 Å². The van der Waals surface area contributed by atoms with E-state index in [1.165, 1.54) is 32.1 Å². The molecule has 124 valence electrons. The van der Waals surface area contributed by atoms with Crippen molar-refractivity contribution in [2.45, 2.75) is 51.3 Å². The summed E-state index contributed by atoms with van der Waals surface area (Å²) in [6.45, 7) is 0. The number of para-hydroxylation sites is 2. The Hall–Kier alpha value is -2.24. The number of nitrogens with zero attached hydrogens (tertiary/aromatic N) is 1. The number of anilines is 1. The summed E-state index contributed by atoms with van der Waals surface area (Å²) < 4.78 is 5.58. The second kappa shape index (κ2) is 7.35. The van der Waals surface area contributed by atoms with Crippen molar-refractivity contribution in [2.75, 3.05) is 5.32 Å². The third-order valence-corrected chi connectivity index (χ3v) is 4.43. The number of nitrogens with two attached hydrogens (primary N) is 1. The maximum absolute atomic E-state index is 12.0. The van der Waals surface area contributed by atoms with Gasteiger partial charge < -0.3 is 15.8 Å². The number of fused-ring (bicyclic) bond motifs is 1. The smallest absolute Gasteiger partial charge is 0.271 e. The number of guanidine groups is 1. The highest BCUT2D eigenvalue weighted by molar-refractivity contribution is 5.96.